The highest BCUT2D eigenvalue weighted by Gasteiger charge is 2.25. The molecule has 172 valence electrons. The lowest BCUT2D eigenvalue weighted by Crippen LogP contribution is -2.41. The van der Waals surface area contributed by atoms with Crippen molar-refractivity contribution in [3.8, 4) is 5.69 Å². The number of aromatic nitrogens is 2. The summed E-state index contributed by atoms with van der Waals surface area (Å²) in [6, 6.07) is 13.1. The van der Waals surface area contributed by atoms with E-state index in [2.05, 4.69) is 4.98 Å². The fourth-order valence-electron chi connectivity index (χ4n) is 4.01. The summed E-state index contributed by atoms with van der Waals surface area (Å²) in [5.74, 6) is -0.381. The number of likely N-dealkylation sites (tertiary alicyclic amines) is 1. The number of nitrogens with zero attached hydrogens (tertiary/aromatic N) is 3. The number of para-hydroxylation sites is 2. The molecule has 3 aromatic rings. The van der Waals surface area contributed by atoms with Gasteiger partial charge < -0.3 is 10.6 Å². The van der Waals surface area contributed by atoms with E-state index in [1.807, 2.05) is 0 Å². The SMILES string of the molecule is NC(=O)C1CCN(C(=O)CCCSc2nc3ccccc3c(=O)n2-c2ccccc2F)CC1. The van der Waals surface area contributed by atoms with Crippen LogP contribution in [-0.4, -0.2) is 45.1 Å². The van der Waals surface area contributed by atoms with E-state index in [-0.39, 0.29) is 29.0 Å². The van der Waals surface area contributed by atoms with E-state index in [4.69, 9.17) is 5.73 Å². The Morgan fingerprint density at radius 2 is 1.79 bits per heavy atom. The summed E-state index contributed by atoms with van der Waals surface area (Å²) < 4.78 is 15.8. The molecule has 0 atom stereocenters. The largest absolute Gasteiger partial charge is 0.369 e. The van der Waals surface area contributed by atoms with Crippen molar-refractivity contribution in [3.05, 3.63) is 64.7 Å². The normalized spacial score (nSPS) is 14.5. The zero-order valence-electron chi connectivity index (χ0n) is 18.1. The molecule has 0 radical (unpaired) electrons. The van der Waals surface area contributed by atoms with Gasteiger partial charge in [0, 0.05) is 31.2 Å². The van der Waals surface area contributed by atoms with Crippen LogP contribution in [0.15, 0.2) is 58.5 Å². The molecule has 1 aliphatic heterocycles. The third kappa shape index (κ3) is 5.08. The van der Waals surface area contributed by atoms with Gasteiger partial charge in [-0.25, -0.2) is 9.37 Å². The van der Waals surface area contributed by atoms with Crippen LogP contribution in [0.1, 0.15) is 25.7 Å². The van der Waals surface area contributed by atoms with Crippen LogP contribution in [0.25, 0.3) is 16.6 Å². The number of thioether (sulfide) groups is 1. The topological polar surface area (TPSA) is 98.3 Å². The average molecular weight is 469 g/mol. The Balaban J connectivity index is 1.46. The van der Waals surface area contributed by atoms with Crippen molar-refractivity contribution in [1.29, 1.82) is 0 Å². The van der Waals surface area contributed by atoms with Gasteiger partial charge in [0.15, 0.2) is 5.16 Å². The van der Waals surface area contributed by atoms with Crippen LogP contribution in [0.5, 0.6) is 0 Å². The predicted molar refractivity (Wildman–Crippen MR) is 126 cm³/mol. The number of rotatable bonds is 7. The van der Waals surface area contributed by atoms with E-state index >= 15 is 0 Å². The molecule has 0 spiro atoms. The van der Waals surface area contributed by atoms with E-state index < -0.39 is 5.82 Å². The number of primary amides is 1. The Morgan fingerprint density at radius 1 is 1.09 bits per heavy atom. The predicted octanol–water partition coefficient (Wildman–Crippen LogP) is 3.12. The Kier molecular flexibility index (Phi) is 7.08. The maximum absolute atomic E-state index is 14.5. The lowest BCUT2D eigenvalue weighted by Gasteiger charge is -2.30. The number of fused-ring (bicyclic) bond motifs is 1. The number of hydrogen-bond acceptors (Lipinski definition) is 5. The van der Waals surface area contributed by atoms with E-state index in [0.29, 0.717) is 60.6 Å². The molecule has 2 N–H and O–H groups in total. The van der Waals surface area contributed by atoms with Gasteiger partial charge in [-0.05, 0) is 43.5 Å². The highest BCUT2D eigenvalue weighted by Crippen LogP contribution is 2.24. The van der Waals surface area contributed by atoms with Gasteiger partial charge in [-0.15, -0.1) is 0 Å². The van der Waals surface area contributed by atoms with E-state index in [1.165, 1.54) is 22.4 Å². The van der Waals surface area contributed by atoms with Gasteiger partial charge in [0.1, 0.15) is 5.82 Å². The zero-order valence-corrected chi connectivity index (χ0v) is 18.9. The number of carbonyl (C=O) groups is 2. The van der Waals surface area contributed by atoms with Crippen molar-refractivity contribution in [1.82, 2.24) is 14.5 Å². The molecule has 0 aliphatic carbocycles. The van der Waals surface area contributed by atoms with Crippen LogP contribution in [0, 0.1) is 11.7 Å². The van der Waals surface area contributed by atoms with Crippen molar-refractivity contribution < 1.29 is 14.0 Å². The fourth-order valence-corrected chi connectivity index (χ4v) is 4.96. The molecule has 0 bridgehead atoms. The number of piperidine rings is 1. The molecule has 7 nitrogen and oxygen atoms in total. The summed E-state index contributed by atoms with van der Waals surface area (Å²) in [6.07, 6.45) is 2.14. The third-order valence-electron chi connectivity index (χ3n) is 5.85. The number of carbonyl (C=O) groups excluding carboxylic acids is 2. The molecule has 1 aliphatic rings. The van der Waals surface area contributed by atoms with Gasteiger partial charge in [-0.2, -0.15) is 0 Å². The number of amides is 2. The van der Waals surface area contributed by atoms with Crippen molar-refractivity contribution in [2.45, 2.75) is 30.8 Å². The summed E-state index contributed by atoms with van der Waals surface area (Å²) in [7, 11) is 0. The van der Waals surface area contributed by atoms with Gasteiger partial charge in [-0.1, -0.05) is 36.0 Å². The van der Waals surface area contributed by atoms with Crippen LogP contribution >= 0.6 is 11.8 Å². The summed E-state index contributed by atoms with van der Waals surface area (Å²) >= 11 is 1.33. The monoisotopic (exact) mass is 468 g/mol. The minimum absolute atomic E-state index is 0.0384. The van der Waals surface area contributed by atoms with Crippen molar-refractivity contribution in [2.24, 2.45) is 11.7 Å². The third-order valence-corrected chi connectivity index (χ3v) is 6.88. The molecule has 2 aromatic carbocycles. The number of halogens is 1. The Bertz CT molecular complexity index is 1240. The first-order chi connectivity index (χ1) is 16.0. The second kappa shape index (κ2) is 10.2. The maximum Gasteiger partial charge on any atom is 0.266 e. The maximum atomic E-state index is 14.5. The first-order valence-electron chi connectivity index (χ1n) is 10.9. The van der Waals surface area contributed by atoms with E-state index in [9.17, 15) is 18.8 Å². The van der Waals surface area contributed by atoms with Crippen LogP contribution in [-0.2, 0) is 9.59 Å². The molecule has 9 heteroatoms. The van der Waals surface area contributed by atoms with Crippen LogP contribution in [0.3, 0.4) is 0 Å². The first kappa shape index (κ1) is 23.0. The number of benzene rings is 2. The quantitative estimate of drug-likeness (QED) is 0.326. The molecule has 1 aromatic heterocycles. The van der Waals surface area contributed by atoms with Gasteiger partial charge in [0.2, 0.25) is 11.8 Å². The van der Waals surface area contributed by atoms with Crippen LogP contribution in [0.4, 0.5) is 4.39 Å². The first-order valence-corrected chi connectivity index (χ1v) is 11.9. The Morgan fingerprint density at radius 3 is 2.52 bits per heavy atom. The second-order valence-corrected chi connectivity index (χ2v) is 9.08. The molecule has 1 fully saturated rings. The summed E-state index contributed by atoms with van der Waals surface area (Å²) in [4.78, 5) is 43.4. The molecule has 0 saturated carbocycles. The lowest BCUT2D eigenvalue weighted by atomic mass is 9.96. The molecule has 33 heavy (non-hydrogen) atoms. The minimum atomic E-state index is -0.506. The molecular formula is C24H25FN4O3S. The van der Waals surface area contributed by atoms with Crippen LogP contribution < -0.4 is 11.3 Å². The van der Waals surface area contributed by atoms with E-state index in [1.54, 1.807) is 47.4 Å². The second-order valence-electron chi connectivity index (χ2n) is 8.01. The fraction of sp³-hybridized carbons (Fsp3) is 0.333. The average Bonchev–Trinajstić information content (AvgIpc) is 2.83. The molecule has 2 amide bonds. The summed E-state index contributed by atoms with van der Waals surface area (Å²) in [5.41, 5.74) is 5.72. The highest BCUT2D eigenvalue weighted by atomic mass is 32.2. The van der Waals surface area contributed by atoms with Gasteiger partial charge >= 0.3 is 0 Å². The molecule has 4 rings (SSSR count). The lowest BCUT2D eigenvalue weighted by molar-refractivity contribution is -0.134. The smallest absolute Gasteiger partial charge is 0.266 e. The van der Waals surface area contributed by atoms with Gasteiger partial charge in [0.05, 0.1) is 16.6 Å². The van der Waals surface area contributed by atoms with Crippen molar-refractivity contribution in [3.63, 3.8) is 0 Å². The van der Waals surface area contributed by atoms with Crippen molar-refractivity contribution >= 4 is 34.5 Å². The molecular weight excluding hydrogens is 443 g/mol. The van der Waals surface area contributed by atoms with Crippen LogP contribution in [0.2, 0.25) is 0 Å². The molecule has 0 unspecified atom stereocenters. The van der Waals surface area contributed by atoms with E-state index in [0.717, 1.165) is 0 Å². The highest BCUT2D eigenvalue weighted by molar-refractivity contribution is 7.99. The minimum Gasteiger partial charge on any atom is -0.369 e. The number of hydrogen-bond donors (Lipinski definition) is 1. The van der Waals surface area contributed by atoms with Gasteiger partial charge in [-0.3, -0.25) is 19.0 Å². The summed E-state index contributed by atoms with van der Waals surface area (Å²) in [5, 5.41) is 0.804. The number of nitrogens with two attached hydrogens (primary N) is 1. The zero-order chi connectivity index (χ0) is 23.4. The molecule has 1 saturated heterocycles. The van der Waals surface area contributed by atoms with Gasteiger partial charge in [0.25, 0.3) is 5.56 Å². The standard InChI is InChI=1S/C24H25FN4O3S/c25-18-7-2-4-9-20(18)29-23(32)17-6-1-3-8-19(17)27-24(29)33-15-5-10-21(30)28-13-11-16(12-14-28)22(26)31/h1-4,6-9,16H,5,10-15H2,(H2,26,31). The molecule has 2 heterocycles. The Labute approximate surface area is 194 Å². The van der Waals surface area contributed by atoms with Crippen molar-refractivity contribution in [2.75, 3.05) is 18.8 Å². The summed E-state index contributed by atoms with van der Waals surface area (Å²) in [6.45, 7) is 1.08. The Hall–Kier alpha value is -3.20.